The number of benzene rings is 1. The molecule has 2 saturated heterocycles. The van der Waals surface area contributed by atoms with E-state index in [4.69, 9.17) is 30.5 Å². The van der Waals surface area contributed by atoms with Gasteiger partial charge in [0.05, 0.1) is 38.1 Å². The minimum absolute atomic E-state index is 0.236. The van der Waals surface area contributed by atoms with Crippen LogP contribution in [0.4, 0.5) is 5.69 Å². The molecule has 0 radical (unpaired) electrons. The maximum absolute atomic E-state index is 12.4. The van der Waals surface area contributed by atoms with Gasteiger partial charge in [-0.15, -0.1) is 0 Å². The van der Waals surface area contributed by atoms with Crippen LogP contribution in [0.25, 0.3) is 0 Å². The van der Waals surface area contributed by atoms with Crippen molar-refractivity contribution in [3.05, 3.63) is 17.2 Å². The Balaban J connectivity index is 1.57. The maximum Gasteiger partial charge on any atom is 0.233 e. The molecule has 0 aromatic heterocycles. The predicted octanol–water partition coefficient (Wildman–Crippen LogP) is 2.05. The number of ether oxygens (including phenoxy) is 4. The summed E-state index contributed by atoms with van der Waals surface area (Å²) in [7, 11) is 2.94. The normalized spacial score (nSPS) is 18.4. The van der Waals surface area contributed by atoms with Crippen LogP contribution in [0.2, 0.25) is 5.02 Å². The molecule has 0 bridgehead atoms. The fraction of sp³-hybridized carbons (Fsp3) is 0.556. The Morgan fingerprint density at radius 1 is 1.15 bits per heavy atom. The molecule has 1 N–H and O–H groups in total. The summed E-state index contributed by atoms with van der Waals surface area (Å²) < 4.78 is 21.7. The van der Waals surface area contributed by atoms with Gasteiger partial charge in [-0.1, -0.05) is 11.6 Å². The lowest BCUT2D eigenvalue weighted by atomic mass is 10.0. The van der Waals surface area contributed by atoms with Gasteiger partial charge >= 0.3 is 0 Å². The molecule has 0 saturated carbocycles. The zero-order valence-electron chi connectivity index (χ0n) is 15.4. The van der Waals surface area contributed by atoms with Gasteiger partial charge in [0, 0.05) is 38.1 Å². The molecule has 9 heteroatoms. The first kappa shape index (κ1) is 19.7. The van der Waals surface area contributed by atoms with Crippen molar-refractivity contribution >= 4 is 29.1 Å². The van der Waals surface area contributed by atoms with Crippen LogP contribution in [0.15, 0.2) is 12.1 Å². The van der Waals surface area contributed by atoms with Gasteiger partial charge in [0.2, 0.25) is 11.8 Å². The van der Waals surface area contributed by atoms with E-state index < -0.39 is 11.7 Å². The van der Waals surface area contributed by atoms with Crippen molar-refractivity contribution < 1.29 is 28.5 Å². The lowest BCUT2D eigenvalue weighted by Crippen LogP contribution is -2.47. The lowest BCUT2D eigenvalue weighted by molar-refractivity contribution is -0.187. The van der Waals surface area contributed by atoms with Crippen molar-refractivity contribution in [2.75, 3.05) is 45.8 Å². The highest BCUT2D eigenvalue weighted by molar-refractivity contribution is 6.32. The average Bonchev–Trinajstić information content (AvgIpc) is 3.11. The van der Waals surface area contributed by atoms with E-state index in [0.29, 0.717) is 61.4 Å². The lowest BCUT2D eigenvalue weighted by Gasteiger charge is -2.37. The van der Waals surface area contributed by atoms with Crippen LogP contribution >= 0.6 is 11.6 Å². The second-order valence-corrected chi connectivity index (χ2v) is 6.81. The highest BCUT2D eigenvalue weighted by Gasteiger charge is 2.40. The van der Waals surface area contributed by atoms with Gasteiger partial charge in [-0.3, -0.25) is 9.59 Å². The highest BCUT2D eigenvalue weighted by Crippen LogP contribution is 2.36. The van der Waals surface area contributed by atoms with Gasteiger partial charge in [0.1, 0.15) is 17.9 Å². The van der Waals surface area contributed by atoms with Crippen LogP contribution in [0, 0.1) is 0 Å². The Bertz CT molecular complexity index is 710. The molecular formula is C18H23ClN2O6. The Morgan fingerprint density at radius 2 is 1.78 bits per heavy atom. The number of carbonyl (C=O) groups is 2. The molecule has 0 atom stereocenters. The second kappa shape index (κ2) is 8.33. The number of hydrogen-bond acceptors (Lipinski definition) is 6. The van der Waals surface area contributed by atoms with E-state index in [1.165, 1.54) is 14.2 Å². The Kier molecular flexibility index (Phi) is 6.08. The fourth-order valence-corrected chi connectivity index (χ4v) is 3.51. The summed E-state index contributed by atoms with van der Waals surface area (Å²) >= 11 is 6.06. The SMILES string of the molecule is COc1cc(NC(=O)CC(=O)N2CCC3(CC2)OCCO3)c(OC)cc1Cl. The topological polar surface area (TPSA) is 86.3 Å². The molecule has 0 unspecified atom stereocenters. The summed E-state index contributed by atoms with van der Waals surface area (Å²) in [6.45, 7) is 2.18. The van der Waals surface area contributed by atoms with Crippen LogP contribution in [-0.2, 0) is 19.1 Å². The fourth-order valence-electron chi connectivity index (χ4n) is 3.28. The third-order valence-electron chi connectivity index (χ3n) is 4.75. The molecule has 1 spiro atoms. The Hall–Kier alpha value is -2.03. The third kappa shape index (κ3) is 4.45. The smallest absolute Gasteiger partial charge is 0.233 e. The Labute approximate surface area is 162 Å². The monoisotopic (exact) mass is 398 g/mol. The van der Waals surface area contributed by atoms with Gasteiger partial charge in [-0.25, -0.2) is 0 Å². The van der Waals surface area contributed by atoms with E-state index in [-0.39, 0.29) is 12.3 Å². The molecule has 8 nitrogen and oxygen atoms in total. The molecule has 2 aliphatic heterocycles. The number of halogens is 1. The first-order chi connectivity index (χ1) is 13.0. The third-order valence-corrected chi connectivity index (χ3v) is 5.05. The van der Waals surface area contributed by atoms with Crippen molar-refractivity contribution in [3.8, 4) is 11.5 Å². The molecule has 2 aliphatic rings. The molecule has 3 rings (SSSR count). The average molecular weight is 399 g/mol. The minimum Gasteiger partial charge on any atom is -0.495 e. The molecule has 148 valence electrons. The molecule has 1 aromatic rings. The number of anilines is 1. The molecule has 2 heterocycles. The molecular weight excluding hydrogens is 376 g/mol. The van der Waals surface area contributed by atoms with Crippen molar-refractivity contribution in [1.82, 2.24) is 4.90 Å². The summed E-state index contributed by atoms with van der Waals surface area (Å²) in [6.07, 6.45) is 0.966. The number of nitrogens with one attached hydrogen (secondary N) is 1. The second-order valence-electron chi connectivity index (χ2n) is 6.40. The van der Waals surface area contributed by atoms with Crippen molar-refractivity contribution in [1.29, 1.82) is 0 Å². The van der Waals surface area contributed by atoms with E-state index in [2.05, 4.69) is 5.32 Å². The summed E-state index contributed by atoms with van der Waals surface area (Å²) in [5.41, 5.74) is 0.391. The van der Waals surface area contributed by atoms with Crippen molar-refractivity contribution in [3.63, 3.8) is 0 Å². The summed E-state index contributed by atoms with van der Waals surface area (Å²) in [4.78, 5) is 26.4. The number of nitrogens with zero attached hydrogens (tertiary/aromatic N) is 1. The summed E-state index contributed by atoms with van der Waals surface area (Å²) in [6, 6.07) is 3.10. The molecule has 0 aliphatic carbocycles. The molecule has 2 fully saturated rings. The van der Waals surface area contributed by atoms with Crippen molar-refractivity contribution in [2.45, 2.75) is 25.0 Å². The number of hydrogen-bond donors (Lipinski definition) is 1. The number of amides is 2. The van der Waals surface area contributed by atoms with E-state index in [0.717, 1.165) is 0 Å². The van der Waals surface area contributed by atoms with Gasteiger partial charge in [0.25, 0.3) is 0 Å². The zero-order chi connectivity index (χ0) is 19.4. The summed E-state index contributed by atoms with van der Waals surface area (Å²) in [5.74, 6) is -0.433. The molecule has 1 aromatic carbocycles. The van der Waals surface area contributed by atoms with E-state index in [1.807, 2.05) is 0 Å². The quantitative estimate of drug-likeness (QED) is 0.764. The highest BCUT2D eigenvalue weighted by atomic mass is 35.5. The van der Waals surface area contributed by atoms with Crippen LogP contribution in [0.3, 0.4) is 0 Å². The number of carbonyl (C=O) groups excluding carboxylic acids is 2. The van der Waals surface area contributed by atoms with E-state index in [1.54, 1.807) is 17.0 Å². The maximum atomic E-state index is 12.4. The number of piperidine rings is 1. The standard InChI is InChI=1S/C18H23ClN2O6/c1-24-14-10-13(15(25-2)9-12(14)19)20-16(22)11-17(23)21-5-3-18(4-6-21)26-7-8-27-18/h9-10H,3-8,11H2,1-2H3,(H,20,22). The van der Waals surface area contributed by atoms with Crippen LogP contribution in [-0.4, -0.2) is 63.0 Å². The molecule has 27 heavy (non-hydrogen) atoms. The minimum atomic E-state index is -0.549. The molecule has 2 amide bonds. The summed E-state index contributed by atoms with van der Waals surface area (Å²) in [5, 5.41) is 3.05. The van der Waals surface area contributed by atoms with Gasteiger partial charge < -0.3 is 29.2 Å². The van der Waals surface area contributed by atoms with Crippen LogP contribution in [0.5, 0.6) is 11.5 Å². The number of methoxy groups -OCH3 is 2. The number of likely N-dealkylation sites (tertiary alicyclic amines) is 1. The van der Waals surface area contributed by atoms with Gasteiger partial charge in [-0.2, -0.15) is 0 Å². The zero-order valence-corrected chi connectivity index (χ0v) is 16.1. The van der Waals surface area contributed by atoms with Crippen LogP contribution in [0.1, 0.15) is 19.3 Å². The Morgan fingerprint density at radius 3 is 2.37 bits per heavy atom. The van der Waals surface area contributed by atoms with Crippen molar-refractivity contribution in [2.24, 2.45) is 0 Å². The van der Waals surface area contributed by atoms with Gasteiger partial charge in [-0.05, 0) is 0 Å². The first-order valence-corrected chi connectivity index (χ1v) is 9.11. The predicted molar refractivity (Wildman–Crippen MR) is 98.3 cm³/mol. The van der Waals surface area contributed by atoms with Crippen LogP contribution < -0.4 is 14.8 Å². The van der Waals surface area contributed by atoms with Gasteiger partial charge in [0.15, 0.2) is 5.79 Å². The van der Waals surface area contributed by atoms with E-state index >= 15 is 0 Å². The largest absolute Gasteiger partial charge is 0.495 e. The number of rotatable bonds is 5. The van der Waals surface area contributed by atoms with E-state index in [9.17, 15) is 9.59 Å². The first-order valence-electron chi connectivity index (χ1n) is 8.73.